The molecule has 1 fully saturated rings. The van der Waals surface area contributed by atoms with Crippen molar-refractivity contribution in [3.05, 3.63) is 53.6 Å². The van der Waals surface area contributed by atoms with Crippen LogP contribution in [0.15, 0.2) is 42.5 Å². The fourth-order valence-electron chi connectivity index (χ4n) is 4.66. The van der Waals surface area contributed by atoms with Gasteiger partial charge in [0.1, 0.15) is 17.9 Å². The lowest BCUT2D eigenvalue weighted by atomic mass is 9.67. The maximum atomic E-state index is 12.2. The van der Waals surface area contributed by atoms with Crippen molar-refractivity contribution in [3.63, 3.8) is 0 Å². The van der Waals surface area contributed by atoms with Crippen LogP contribution >= 0.6 is 0 Å². The standard InChI is InChI=1S/C23H25NO5/c1-28-12-13-29-20-5-3-2-4-18(20)16-6-7-19-17(14-16)8-9-22(10-11-22)23(19,15-25)24-21(26)27/h2-7,14-15,24H,8-13H2,1H3,(H,26,27)/t23-/m1/s1. The van der Waals surface area contributed by atoms with Crippen molar-refractivity contribution in [1.29, 1.82) is 0 Å². The van der Waals surface area contributed by atoms with Gasteiger partial charge in [-0.25, -0.2) is 4.79 Å². The highest BCUT2D eigenvalue weighted by molar-refractivity contribution is 5.81. The van der Waals surface area contributed by atoms with Crippen molar-refractivity contribution in [2.75, 3.05) is 20.3 Å². The number of aryl methyl sites for hydroxylation is 1. The van der Waals surface area contributed by atoms with E-state index in [9.17, 15) is 14.7 Å². The first-order valence-electron chi connectivity index (χ1n) is 9.87. The van der Waals surface area contributed by atoms with E-state index in [1.54, 1.807) is 7.11 Å². The molecule has 0 radical (unpaired) electrons. The zero-order valence-electron chi connectivity index (χ0n) is 16.4. The van der Waals surface area contributed by atoms with Crippen LogP contribution in [-0.4, -0.2) is 37.8 Å². The SMILES string of the molecule is COCCOc1ccccc1-c1ccc2c(c1)CCC1(CC1)[C@]2(C=O)NC(=O)O. The molecule has 0 saturated heterocycles. The summed E-state index contributed by atoms with van der Waals surface area (Å²) in [6.07, 6.45) is 2.99. The summed E-state index contributed by atoms with van der Waals surface area (Å²) in [7, 11) is 1.63. The lowest BCUT2D eigenvalue weighted by molar-refractivity contribution is -0.116. The molecule has 6 nitrogen and oxygen atoms in total. The first kappa shape index (κ1) is 19.5. The molecule has 0 heterocycles. The van der Waals surface area contributed by atoms with E-state index >= 15 is 0 Å². The van der Waals surface area contributed by atoms with Crippen LogP contribution in [-0.2, 0) is 21.5 Å². The summed E-state index contributed by atoms with van der Waals surface area (Å²) in [6, 6.07) is 13.7. The van der Waals surface area contributed by atoms with Crippen LogP contribution in [0.5, 0.6) is 5.75 Å². The van der Waals surface area contributed by atoms with Gasteiger partial charge < -0.3 is 24.7 Å². The number of aldehydes is 1. The van der Waals surface area contributed by atoms with Crippen LogP contribution in [0.25, 0.3) is 11.1 Å². The summed E-state index contributed by atoms with van der Waals surface area (Å²) in [4.78, 5) is 23.8. The van der Waals surface area contributed by atoms with E-state index in [-0.39, 0.29) is 5.41 Å². The van der Waals surface area contributed by atoms with Gasteiger partial charge in [0.05, 0.1) is 6.61 Å². The average molecular weight is 395 g/mol. The Bertz CT molecular complexity index is 937. The number of benzene rings is 2. The molecule has 0 aliphatic heterocycles. The van der Waals surface area contributed by atoms with Crippen LogP contribution in [0, 0.1) is 5.41 Å². The molecule has 2 aromatic carbocycles. The third-order valence-electron chi connectivity index (χ3n) is 6.32. The zero-order chi connectivity index (χ0) is 20.5. The van der Waals surface area contributed by atoms with E-state index < -0.39 is 11.6 Å². The van der Waals surface area contributed by atoms with Crippen molar-refractivity contribution in [1.82, 2.24) is 5.32 Å². The summed E-state index contributed by atoms with van der Waals surface area (Å²) in [5.74, 6) is 0.768. The molecule has 1 atom stereocenters. The van der Waals surface area contributed by atoms with Crippen LogP contribution in [0.2, 0.25) is 0 Å². The number of para-hydroxylation sites is 1. The monoisotopic (exact) mass is 395 g/mol. The van der Waals surface area contributed by atoms with E-state index in [1.165, 1.54) is 0 Å². The van der Waals surface area contributed by atoms with Gasteiger partial charge in [-0.2, -0.15) is 0 Å². The Hall–Kier alpha value is -2.86. The second-order valence-electron chi connectivity index (χ2n) is 7.85. The van der Waals surface area contributed by atoms with Crippen molar-refractivity contribution in [2.45, 2.75) is 31.2 Å². The van der Waals surface area contributed by atoms with E-state index in [0.717, 1.165) is 60.0 Å². The van der Waals surface area contributed by atoms with Gasteiger partial charge >= 0.3 is 6.09 Å². The van der Waals surface area contributed by atoms with Gasteiger partial charge in [0.15, 0.2) is 6.29 Å². The van der Waals surface area contributed by atoms with Crippen LogP contribution in [0.3, 0.4) is 0 Å². The predicted molar refractivity (Wildman–Crippen MR) is 108 cm³/mol. The minimum absolute atomic E-state index is 0.289. The molecular formula is C23H25NO5. The summed E-state index contributed by atoms with van der Waals surface area (Å²) in [6.45, 7) is 0.959. The van der Waals surface area contributed by atoms with Crippen molar-refractivity contribution in [3.8, 4) is 16.9 Å². The quantitative estimate of drug-likeness (QED) is 0.551. The molecular weight excluding hydrogens is 370 g/mol. The van der Waals surface area contributed by atoms with Gasteiger partial charge in [-0.15, -0.1) is 0 Å². The molecule has 152 valence electrons. The predicted octanol–water partition coefficient (Wildman–Crippen LogP) is 3.77. The molecule has 2 aromatic rings. The largest absolute Gasteiger partial charge is 0.491 e. The van der Waals surface area contributed by atoms with E-state index in [1.807, 2.05) is 36.4 Å². The third-order valence-corrected chi connectivity index (χ3v) is 6.32. The molecule has 2 N–H and O–H groups in total. The van der Waals surface area contributed by atoms with Crippen LogP contribution < -0.4 is 10.1 Å². The number of rotatable bonds is 7. The normalized spacial score (nSPS) is 21.3. The number of nitrogens with one attached hydrogen (secondary N) is 1. The molecule has 2 aliphatic rings. The number of hydrogen-bond donors (Lipinski definition) is 2. The molecule has 6 heteroatoms. The zero-order valence-corrected chi connectivity index (χ0v) is 16.4. The Morgan fingerprint density at radius 2 is 1.97 bits per heavy atom. The molecule has 1 spiro atoms. The first-order valence-corrected chi connectivity index (χ1v) is 9.87. The van der Waals surface area contributed by atoms with E-state index in [2.05, 4.69) is 11.4 Å². The van der Waals surface area contributed by atoms with Crippen LogP contribution in [0.1, 0.15) is 30.4 Å². The molecule has 0 aromatic heterocycles. The number of fused-ring (bicyclic) bond motifs is 1. The molecule has 2 aliphatic carbocycles. The van der Waals surface area contributed by atoms with Gasteiger partial charge in [0, 0.05) is 18.1 Å². The number of carbonyl (C=O) groups is 2. The number of carboxylic acid groups (broad SMARTS) is 1. The fraction of sp³-hybridized carbons (Fsp3) is 0.391. The Balaban J connectivity index is 1.74. The molecule has 0 unspecified atom stereocenters. The summed E-state index contributed by atoms with van der Waals surface area (Å²) in [5.41, 5.74) is 2.27. The highest BCUT2D eigenvalue weighted by Crippen LogP contribution is 2.63. The smallest absolute Gasteiger partial charge is 0.405 e. The van der Waals surface area contributed by atoms with Gasteiger partial charge in [-0.1, -0.05) is 36.4 Å². The maximum absolute atomic E-state index is 12.2. The molecule has 0 bridgehead atoms. The minimum Gasteiger partial charge on any atom is -0.491 e. The Labute approximate surface area is 169 Å². The topological polar surface area (TPSA) is 84.9 Å². The Morgan fingerprint density at radius 3 is 2.66 bits per heavy atom. The van der Waals surface area contributed by atoms with Crippen molar-refractivity contribution < 1.29 is 24.2 Å². The number of amides is 1. The second kappa shape index (κ2) is 7.52. The van der Waals surface area contributed by atoms with E-state index in [0.29, 0.717) is 13.2 Å². The van der Waals surface area contributed by atoms with Gasteiger partial charge in [-0.05, 0) is 48.4 Å². The highest BCUT2D eigenvalue weighted by atomic mass is 16.5. The number of ether oxygens (including phenoxy) is 2. The number of methoxy groups -OCH3 is 1. The van der Waals surface area contributed by atoms with Gasteiger partial charge in [-0.3, -0.25) is 0 Å². The molecule has 29 heavy (non-hydrogen) atoms. The first-order chi connectivity index (χ1) is 14.0. The number of carbonyl (C=O) groups excluding carboxylic acids is 1. The Morgan fingerprint density at radius 1 is 1.17 bits per heavy atom. The second-order valence-corrected chi connectivity index (χ2v) is 7.85. The number of hydrogen-bond acceptors (Lipinski definition) is 4. The average Bonchev–Trinajstić information content (AvgIpc) is 3.51. The molecule has 4 rings (SSSR count). The third kappa shape index (κ3) is 3.27. The molecule has 1 saturated carbocycles. The van der Waals surface area contributed by atoms with Crippen molar-refractivity contribution >= 4 is 12.4 Å². The van der Waals surface area contributed by atoms with Crippen molar-refractivity contribution in [2.24, 2.45) is 5.41 Å². The highest BCUT2D eigenvalue weighted by Gasteiger charge is 2.63. The summed E-state index contributed by atoms with van der Waals surface area (Å²) >= 11 is 0. The molecule has 1 amide bonds. The minimum atomic E-state index is -1.17. The Kier molecular flexibility index (Phi) is 5.04. The van der Waals surface area contributed by atoms with Gasteiger partial charge in [0.2, 0.25) is 0 Å². The van der Waals surface area contributed by atoms with Crippen LogP contribution in [0.4, 0.5) is 4.79 Å². The maximum Gasteiger partial charge on any atom is 0.405 e. The lowest BCUT2D eigenvalue weighted by Crippen LogP contribution is -2.55. The summed E-state index contributed by atoms with van der Waals surface area (Å²) < 4.78 is 10.9. The van der Waals surface area contributed by atoms with E-state index in [4.69, 9.17) is 9.47 Å². The lowest BCUT2D eigenvalue weighted by Gasteiger charge is -2.42. The summed E-state index contributed by atoms with van der Waals surface area (Å²) in [5, 5.41) is 12.0. The van der Waals surface area contributed by atoms with Gasteiger partial charge in [0.25, 0.3) is 0 Å². The fourth-order valence-corrected chi connectivity index (χ4v) is 4.66.